The average molecular weight is 436 g/mol. The first-order valence-electron chi connectivity index (χ1n) is 7.68. The zero-order valence-electron chi connectivity index (χ0n) is 14.8. The average Bonchev–Trinajstić information content (AvgIpc) is 2.87. The van der Waals surface area contributed by atoms with E-state index in [0.29, 0.717) is 6.54 Å². The first kappa shape index (κ1) is 21.8. The van der Waals surface area contributed by atoms with E-state index in [1.165, 1.54) is 0 Å². The van der Waals surface area contributed by atoms with Crippen LogP contribution in [0.15, 0.2) is 21.7 Å². The molecule has 0 bridgehead atoms. The Morgan fingerprint density at radius 2 is 2.04 bits per heavy atom. The first-order valence-corrected chi connectivity index (χ1v) is 7.68. The van der Waals surface area contributed by atoms with E-state index in [9.17, 15) is 4.79 Å². The number of hydrogen-bond donors (Lipinski definition) is 1. The van der Waals surface area contributed by atoms with E-state index < -0.39 is 0 Å². The SMILES string of the molecule is CCCCNC(=NCC(=O)N(C)C)N(C)Cc1ccoc1C.I. The number of hydrogen-bond acceptors (Lipinski definition) is 3. The normalized spacial score (nSPS) is 10.9. The molecule has 1 aromatic heterocycles. The van der Waals surface area contributed by atoms with Crippen molar-refractivity contribution in [3.63, 3.8) is 0 Å². The standard InChI is InChI=1S/C16H28N4O2.HI/c1-6-7-9-17-16(18-11-15(21)19(3)4)20(5)12-14-8-10-22-13(14)2;/h8,10H,6-7,9,11-12H2,1-5H3,(H,17,18);1H. The van der Waals surface area contributed by atoms with Crippen molar-refractivity contribution in [2.45, 2.75) is 33.2 Å². The number of likely N-dealkylation sites (N-methyl/N-ethyl adjacent to an activating group) is 1. The Labute approximate surface area is 156 Å². The zero-order chi connectivity index (χ0) is 16.5. The molecular formula is C16H29IN4O2. The van der Waals surface area contributed by atoms with Gasteiger partial charge in [0.05, 0.1) is 6.26 Å². The first-order chi connectivity index (χ1) is 10.5. The van der Waals surface area contributed by atoms with Crippen LogP contribution in [0.4, 0.5) is 0 Å². The number of rotatable bonds is 7. The van der Waals surface area contributed by atoms with Crippen LogP contribution in [0.5, 0.6) is 0 Å². The van der Waals surface area contributed by atoms with E-state index in [1.54, 1.807) is 25.3 Å². The topological polar surface area (TPSA) is 61.1 Å². The predicted molar refractivity (Wildman–Crippen MR) is 104 cm³/mol. The summed E-state index contributed by atoms with van der Waals surface area (Å²) >= 11 is 0. The highest BCUT2D eigenvalue weighted by Gasteiger charge is 2.11. The van der Waals surface area contributed by atoms with Crippen LogP contribution in [0.3, 0.4) is 0 Å². The molecule has 1 heterocycles. The number of furan rings is 1. The van der Waals surface area contributed by atoms with Gasteiger partial charge in [-0.2, -0.15) is 0 Å². The number of amides is 1. The maximum Gasteiger partial charge on any atom is 0.243 e. The van der Waals surface area contributed by atoms with Crippen molar-refractivity contribution in [2.24, 2.45) is 4.99 Å². The molecule has 0 aliphatic heterocycles. The zero-order valence-corrected chi connectivity index (χ0v) is 17.1. The van der Waals surface area contributed by atoms with Gasteiger partial charge < -0.3 is 19.5 Å². The number of aryl methyl sites for hydroxylation is 1. The third kappa shape index (κ3) is 7.71. The number of guanidine groups is 1. The van der Waals surface area contributed by atoms with Gasteiger partial charge in [-0.1, -0.05) is 13.3 Å². The second kappa shape index (κ2) is 11.3. The number of carbonyl (C=O) groups is 1. The van der Waals surface area contributed by atoms with Gasteiger partial charge >= 0.3 is 0 Å². The molecule has 0 radical (unpaired) electrons. The molecule has 0 fully saturated rings. The Bertz CT molecular complexity index is 500. The van der Waals surface area contributed by atoms with Crippen LogP contribution in [-0.4, -0.2) is 55.9 Å². The van der Waals surface area contributed by atoms with Crippen molar-refractivity contribution < 1.29 is 9.21 Å². The Hall–Kier alpha value is -1.25. The molecule has 1 N–H and O–H groups in total. The van der Waals surface area contributed by atoms with Crippen LogP contribution in [0.25, 0.3) is 0 Å². The molecule has 1 rings (SSSR count). The molecule has 0 saturated heterocycles. The summed E-state index contributed by atoms with van der Waals surface area (Å²) in [6, 6.07) is 1.96. The van der Waals surface area contributed by atoms with Crippen LogP contribution < -0.4 is 5.32 Å². The highest BCUT2D eigenvalue weighted by Crippen LogP contribution is 2.11. The van der Waals surface area contributed by atoms with Gasteiger partial charge in [0, 0.05) is 39.8 Å². The summed E-state index contributed by atoms with van der Waals surface area (Å²) in [6.07, 6.45) is 3.87. The van der Waals surface area contributed by atoms with Crippen molar-refractivity contribution in [1.82, 2.24) is 15.1 Å². The van der Waals surface area contributed by atoms with Gasteiger partial charge in [0.1, 0.15) is 12.3 Å². The van der Waals surface area contributed by atoms with Gasteiger partial charge in [0.2, 0.25) is 5.91 Å². The van der Waals surface area contributed by atoms with Crippen molar-refractivity contribution >= 4 is 35.8 Å². The molecule has 0 unspecified atom stereocenters. The molecule has 0 saturated carbocycles. The Kier molecular flexibility index (Phi) is 10.7. The van der Waals surface area contributed by atoms with Crippen molar-refractivity contribution in [1.29, 1.82) is 0 Å². The van der Waals surface area contributed by atoms with Crippen LogP contribution in [0.1, 0.15) is 31.1 Å². The van der Waals surface area contributed by atoms with Crippen molar-refractivity contribution in [3.05, 3.63) is 23.7 Å². The molecule has 1 aromatic rings. The lowest BCUT2D eigenvalue weighted by atomic mass is 10.2. The van der Waals surface area contributed by atoms with Crippen molar-refractivity contribution in [2.75, 3.05) is 34.2 Å². The summed E-state index contributed by atoms with van der Waals surface area (Å²) in [5.41, 5.74) is 1.12. The summed E-state index contributed by atoms with van der Waals surface area (Å²) in [7, 11) is 5.44. The lowest BCUT2D eigenvalue weighted by Crippen LogP contribution is -2.40. The summed E-state index contributed by atoms with van der Waals surface area (Å²) < 4.78 is 5.33. The summed E-state index contributed by atoms with van der Waals surface area (Å²) in [5.74, 6) is 1.64. The fourth-order valence-corrected chi connectivity index (χ4v) is 1.88. The largest absolute Gasteiger partial charge is 0.469 e. The quantitative estimate of drug-likeness (QED) is 0.309. The predicted octanol–water partition coefficient (Wildman–Crippen LogP) is 2.47. The molecule has 0 aromatic carbocycles. The smallest absolute Gasteiger partial charge is 0.243 e. The molecular weight excluding hydrogens is 407 g/mol. The van der Waals surface area contributed by atoms with E-state index >= 15 is 0 Å². The highest BCUT2D eigenvalue weighted by molar-refractivity contribution is 14.0. The fraction of sp³-hybridized carbons (Fsp3) is 0.625. The van der Waals surface area contributed by atoms with Crippen molar-refractivity contribution in [3.8, 4) is 0 Å². The van der Waals surface area contributed by atoms with Gasteiger partial charge in [0.15, 0.2) is 5.96 Å². The highest BCUT2D eigenvalue weighted by atomic mass is 127. The van der Waals surface area contributed by atoms with Crippen LogP contribution in [-0.2, 0) is 11.3 Å². The second-order valence-electron chi connectivity index (χ2n) is 5.57. The third-order valence-corrected chi connectivity index (χ3v) is 3.41. The molecule has 0 aliphatic rings. The number of nitrogens with one attached hydrogen (secondary N) is 1. The monoisotopic (exact) mass is 436 g/mol. The Morgan fingerprint density at radius 3 is 2.57 bits per heavy atom. The van der Waals surface area contributed by atoms with E-state index in [-0.39, 0.29) is 36.4 Å². The van der Waals surface area contributed by atoms with E-state index in [4.69, 9.17) is 4.42 Å². The molecule has 7 heteroatoms. The van der Waals surface area contributed by atoms with Gasteiger partial charge in [0.25, 0.3) is 0 Å². The number of unbranched alkanes of at least 4 members (excludes halogenated alkanes) is 1. The summed E-state index contributed by atoms with van der Waals surface area (Å²) in [6.45, 7) is 5.78. The molecule has 6 nitrogen and oxygen atoms in total. The van der Waals surface area contributed by atoms with Crippen LogP contribution in [0, 0.1) is 6.92 Å². The fourth-order valence-electron chi connectivity index (χ4n) is 1.88. The van der Waals surface area contributed by atoms with Gasteiger partial charge in [-0.25, -0.2) is 4.99 Å². The minimum atomic E-state index is -0.0114. The molecule has 1 amide bonds. The maximum atomic E-state index is 11.7. The lowest BCUT2D eigenvalue weighted by molar-refractivity contribution is -0.127. The lowest BCUT2D eigenvalue weighted by Gasteiger charge is -2.22. The number of halogens is 1. The molecule has 0 atom stereocenters. The molecule has 0 aliphatic carbocycles. The maximum absolute atomic E-state index is 11.7. The molecule has 132 valence electrons. The van der Waals surface area contributed by atoms with Gasteiger partial charge in [-0.15, -0.1) is 24.0 Å². The minimum absolute atomic E-state index is 0. The minimum Gasteiger partial charge on any atom is -0.469 e. The number of carbonyl (C=O) groups excluding carboxylic acids is 1. The molecule has 23 heavy (non-hydrogen) atoms. The Balaban J connectivity index is 0.00000484. The van der Waals surface area contributed by atoms with E-state index in [2.05, 4.69) is 17.2 Å². The summed E-state index contributed by atoms with van der Waals surface area (Å²) in [4.78, 5) is 19.7. The Morgan fingerprint density at radius 1 is 1.35 bits per heavy atom. The number of aliphatic imine (C=N–C) groups is 1. The van der Waals surface area contributed by atoms with E-state index in [0.717, 1.165) is 36.7 Å². The second-order valence-corrected chi connectivity index (χ2v) is 5.57. The number of nitrogens with zero attached hydrogens (tertiary/aromatic N) is 3. The molecule has 0 spiro atoms. The van der Waals surface area contributed by atoms with Gasteiger partial charge in [-0.3, -0.25) is 4.79 Å². The van der Waals surface area contributed by atoms with Crippen LogP contribution in [0.2, 0.25) is 0 Å². The van der Waals surface area contributed by atoms with Crippen LogP contribution >= 0.6 is 24.0 Å². The third-order valence-electron chi connectivity index (χ3n) is 3.41. The summed E-state index contributed by atoms with van der Waals surface area (Å²) in [5, 5.41) is 3.32. The van der Waals surface area contributed by atoms with E-state index in [1.807, 2.05) is 24.9 Å². The van der Waals surface area contributed by atoms with Gasteiger partial charge in [-0.05, 0) is 19.4 Å².